The summed E-state index contributed by atoms with van der Waals surface area (Å²) in [5.74, 6) is -0.988. The topological polar surface area (TPSA) is 324 Å². The number of aldehydes is 2. The van der Waals surface area contributed by atoms with Crippen molar-refractivity contribution in [2.75, 3.05) is 13.2 Å². The maximum Gasteiger partial charge on any atom is 1.00 e. The molecule has 36 heavy (non-hydrogen) atoms. The van der Waals surface area contributed by atoms with Crippen molar-refractivity contribution in [2.45, 2.75) is 62.9 Å². The zero-order chi connectivity index (χ0) is 27.9. The van der Waals surface area contributed by atoms with Gasteiger partial charge in [0.15, 0.2) is 18.9 Å². The minimum Gasteiger partial charge on any atom is -0.394 e. The molecular formula is C16H28IN2NaO16. The molecule has 0 saturated carbocycles. The number of aliphatic hydroxyl groups excluding tert-OH is 6. The third-order valence-electron chi connectivity index (χ3n) is 3.74. The smallest absolute Gasteiger partial charge is 0.394 e. The molecular weight excluding hydrogens is 626 g/mol. The molecule has 8 atom stereocenters. The molecule has 0 radical (unpaired) electrons. The quantitative estimate of drug-likeness (QED) is 0.0495. The summed E-state index contributed by atoms with van der Waals surface area (Å²) < 4.78 is 43.9. The van der Waals surface area contributed by atoms with Crippen molar-refractivity contribution in [2.24, 2.45) is 0 Å². The van der Waals surface area contributed by atoms with E-state index in [1.165, 1.54) is 6.92 Å². The monoisotopic (exact) mass is 654 g/mol. The normalized spacial score (nSPS) is 25.6. The summed E-state index contributed by atoms with van der Waals surface area (Å²) in [6.45, 7) is 1.23. The van der Waals surface area contributed by atoms with Gasteiger partial charge in [0.2, 0.25) is 11.8 Å². The fourth-order valence-corrected chi connectivity index (χ4v) is 2.28. The SMILES string of the molecule is CC(=O)N[C@@H]1[C@@H](O)[C@@H](O)[C@@H](CO)O[C@H]1O.CC(=O)N[C@H](C=O)[C@H](O)O[C@@H](C=O)CO.[Na+].[O-][I+3]([O-])([O-])[O-]. The number of carbonyl (C=O) groups is 4. The van der Waals surface area contributed by atoms with Crippen molar-refractivity contribution >= 4 is 24.4 Å². The van der Waals surface area contributed by atoms with Gasteiger partial charge in [-0.1, -0.05) is 0 Å². The Morgan fingerprint density at radius 2 is 1.53 bits per heavy atom. The van der Waals surface area contributed by atoms with Crippen LogP contribution in [-0.2, 0) is 28.7 Å². The molecule has 18 nitrogen and oxygen atoms in total. The van der Waals surface area contributed by atoms with Crippen LogP contribution in [0.5, 0.6) is 0 Å². The average Bonchev–Trinajstić information content (AvgIpc) is 2.74. The van der Waals surface area contributed by atoms with Gasteiger partial charge in [-0.05, 0) is 0 Å². The first-order valence-electron chi connectivity index (χ1n) is 9.33. The summed E-state index contributed by atoms with van der Waals surface area (Å²) in [4.78, 5) is 42.0. The average molecular weight is 654 g/mol. The van der Waals surface area contributed by atoms with Gasteiger partial charge in [-0.25, -0.2) is 0 Å². The summed E-state index contributed by atoms with van der Waals surface area (Å²) in [6.07, 6.45) is -7.59. The molecule has 0 aromatic rings. The molecule has 0 unspecified atom stereocenters. The van der Waals surface area contributed by atoms with Gasteiger partial charge in [0.05, 0.1) is 13.2 Å². The van der Waals surface area contributed by atoms with Crippen LogP contribution in [0, 0.1) is 0 Å². The minimum atomic E-state index is -5.94. The molecule has 0 aromatic heterocycles. The Morgan fingerprint density at radius 1 is 1.03 bits per heavy atom. The number of ether oxygens (including phenoxy) is 2. The van der Waals surface area contributed by atoms with Gasteiger partial charge < -0.3 is 60.3 Å². The molecule has 20 heteroatoms. The van der Waals surface area contributed by atoms with Gasteiger partial charge in [-0.15, -0.1) is 0 Å². The second-order valence-corrected chi connectivity index (χ2v) is 8.74. The van der Waals surface area contributed by atoms with Crippen LogP contribution < -0.4 is 74.0 Å². The van der Waals surface area contributed by atoms with E-state index in [4.69, 9.17) is 28.7 Å². The fourth-order valence-electron chi connectivity index (χ4n) is 2.28. The van der Waals surface area contributed by atoms with E-state index in [0.717, 1.165) is 6.92 Å². The van der Waals surface area contributed by atoms with Crippen LogP contribution in [-0.4, -0.2) is 117 Å². The van der Waals surface area contributed by atoms with Crippen LogP contribution in [0.1, 0.15) is 13.8 Å². The molecule has 0 spiro atoms. The molecule has 1 saturated heterocycles. The number of halogens is 1. The van der Waals surface area contributed by atoms with Crippen molar-refractivity contribution in [1.82, 2.24) is 10.6 Å². The summed E-state index contributed by atoms with van der Waals surface area (Å²) in [6, 6.07) is -2.36. The maximum atomic E-state index is 10.7. The van der Waals surface area contributed by atoms with Crippen LogP contribution in [0.15, 0.2) is 0 Å². The van der Waals surface area contributed by atoms with E-state index < -0.39 is 94.2 Å². The van der Waals surface area contributed by atoms with Gasteiger partial charge in [0.25, 0.3) is 0 Å². The van der Waals surface area contributed by atoms with Crippen molar-refractivity contribution in [3.8, 4) is 0 Å². The third kappa shape index (κ3) is 18.7. The van der Waals surface area contributed by atoms with E-state index in [1.54, 1.807) is 0 Å². The summed E-state index contributed by atoms with van der Waals surface area (Å²) in [5.41, 5.74) is 0. The molecule has 1 heterocycles. The van der Waals surface area contributed by atoms with E-state index >= 15 is 0 Å². The summed E-state index contributed by atoms with van der Waals surface area (Å²) in [5, 5.41) is 59.3. The van der Waals surface area contributed by atoms with Crippen LogP contribution in [0.25, 0.3) is 0 Å². The summed E-state index contributed by atoms with van der Waals surface area (Å²) in [7, 11) is 0. The molecule has 2 amide bonds. The van der Waals surface area contributed by atoms with Crippen molar-refractivity contribution in [3.63, 3.8) is 0 Å². The Bertz CT molecular complexity index is 650. The molecule has 0 aromatic carbocycles. The first kappa shape index (κ1) is 40.0. The van der Waals surface area contributed by atoms with Gasteiger partial charge in [-0.2, -0.15) is 0 Å². The zero-order valence-corrected chi connectivity index (χ0v) is 23.5. The van der Waals surface area contributed by atoms with Gasteiger partial charge in [-0.3, -0.25) is 23.3 Å². The standard InChI is InChI=1S/C8H15NO6.C8H13NO6.IO4.Na/c1-3(11)9-5-7(13)6(12)4(2-10)15-8(5)14;1-5(13)9-7(4-12)8(14)15-6(2-10)3-11;2-1(3,4)5;/h4-8,10,12-14H,2H2,1H3,(H,9,11);2,4,6-8,11,14H,3H2,1H3,(H,9,13);;/q;;-1;+1/t4-,5-,6+,7-,8-;6-,7+,8+;;/m10../s1. The van der Waals surface area contributed by atoms with E-state index in [2.05, 4.69) is 15.4 Å². The summed E-state index contributed by atoms with van der Waals surface area (Å²) >= 11 is -5.94. The minimum absolute atomic E-state index is 0. The van der Waals surface area contributed by atoms with E-state index in [0.29, 0.717) is 0 Å². The molecule has 0 bridgehead atoms. The van der Waals surface area contributed by atoms with E-state index in [-0.39, 0.29) is 42.1 Å². The Hall–Kier alpha value is -0.470. The first-order valence-corrected chi connectivity index (χ1v) is 12.9. The Morgan fingerprint density at radius 3 is 1.86 bits per heavy atom. The van der Waals surface area contributed by atoms with Gasteiger partial charge in [0.1, 0.15) is 62.9 Å². The molecule has 8 N–H and O–H groups in total. The van der Waals surface area contributed by atoms with Crippen molar-refractivity contribution < 1.29 is 123 Å². The number of amides is 2. The molecule has 1 aliphatic rings. The number of carbonyl (C=O) groups excluding carboxylic acids is 4. The van der Waals surface area contributed by atoms with Crippen LogP contribution in [0.3, 0.4) is 0 Å². The van der Waals surface area contributed by atoms with Crippen LogP contribution in [0.4, 0.5) is 0 Å². The molecule has 1 rings (SSSR count). The molecule has 1 aliphatic heterocycles. The molecule has 206 valence electrons. The Kier molecular flexibility index (Phi) is 22.8. The number of rotatable bonds is 9. The number of hydrogen-bond acceptors (Lipinski definition) is 16. The van der Waals surface area contributed by atoms with E-state index in [1.807, 2.05) is 0 Å². The van der Waals surface area contributed by atoms with Crippen LogP contribution in [0.2, 0.25) is 0 Å². The fraction of sp³-hybridized carbons (Fsp3) is 0.750. The molecule has 0 aliphatic carbocycles. The second-order valence-electron chi connectivity index (χ2n) is 6.58. The third-order valence-corrected chi connectivity index (χ3v) is 3.74. The first-order chi connectivity index (χ1) is 16.0. The number of nitrogens with one attached hydrogen (secondary N) is 2. The van der Waals surface area contributed by atoms with E-state index in [9.17, 15) is 39.6 Å². The largest absolute Gasteiger partial charge is 1.00 e. The second kappa shape index (κ2) is 20.5. The van der Waals surface area contributed by atoms with Gasteiger partial charge in [0, 0.05) is 13.8 Å². The predicted molar refractivity (Wildman–Crippen MR) is 95.3 cm³/mol. The predicted octanol–water partition coefficient (Wildman–Crippen LogP) is -16.2. The van der Waals surface area contributed by atoms with Crippen molar-refractivity contribution in [3.05, 3.63) is 0 Å². The number of hydrogen-bond donors (Lipinski definition) is 8. The number of aliphatic hydroxyl groups is 6. The van der Waals surface area contributed by atoms with Crippen LogP contribution >= 0.6 is 0 Å². The van der Waals surface area contributed by atoms with Crippen molar-refractivity contribution in [1.29, 1.82) is 0 Å². The maximum absolute atomic E-state index is 10.7. The Labute approximate surface area is 232 Å². The Balaban J connectivity index is -0.000000498. The molecule has 1 fully saturated rings. The van der Waals surface area contributed by atoms with Gasteiger partial charge >= 0.3 is 29.6 Å². The zero-order valence-electron chi connectivity index (χ0n) is 19.3.